The Labute approximate surface area is 84.9 Å². The van der Waals surface area contributed by atoms with E-state index in [0.29, 0.717) is 5.92 Å². The van der Waals surface area contributed by atoms with Crippen LogP contribution in [-0.2, 0) is 4.79 Å². The molecule has 0 bridgehead atoms. The van der Waals surface area contributed by atoms with Gasteiger partial charge in [-0.25, -0.2) is 0 Å². The fourth-order valence-corrected chi connectivity index (χ4v) is 1.93. The highest BCUT2D eigenvalue weighted by atomic mass is 16.2. The molecule has 2 fully saturated rings. The number of hydrogen-bond donors (Lipinski definition) is 1. The van der Waals surface area contributed by atoms with Gasteiger partial charge < -0.3 is 10.6 Å². The highest BCUT2D eigenvalue weighted by molar-refractivity contribution is 5.88. The van der Waals surface area contributed by atoms with Crippen LogP contribution < -0.4 is 5.73 Å². The summed E-state index contributed by atoms with van der Waals surface area (Å²) >= 11 is 0. The van der Waals surface area contributed by atoms with E-state index in [1.54, 1.807) is 6.08 Å². The summed E-state index contributed by atoms with van der Waals surface area (Å²) in [7, 11) is 0. The van der Waals surface area contributed by atoms with Crippen molar-refractivity contribution >= 4 is 5.91 Å². The molecule has 2 rings (SSSR count). The van der Waals surface area contributed by atoms with Gasteiger partial charge in [0.2, 0.25) is 5.91 Å². The third-order valence-corrected chi connectivity index (χ3v) is 3.11. The fraction of sp³-hybridized carbons (Fsp3) is 0.727. The summed E-state index contributed by atoms with van der Waals surface area (Å²) in [5.74, 6) is 0.845. The van der Waals surface area contributed by atoms with Gasteiger partial charge in [-0.05, 0) is 32.1 Å². The van der Waals surface area contributed by atoms with Crippen molar-refractivity contribution in [2.45, 2.75) is 32.2 Å². The van der Waals surface area contributed by atoms with Crippen LogP contribution in [0.2, 0.25) is 0 Å². The highest BCUT2D eigenvalue weighted by Gasteiger charge is 2.26. The normalized spacial score (nSPS) is 28.3. The van der Waals surface area contributed by atoms with Crippen LogP contribution in [0.15, 0.2) is 11.6 Å². The van der Waals surface area contributed by atoms with E-state index in [2.05, 4.69) is 6.92 Å². The molecule has 1 saturated carbocycles. The zero-order valence-corrected chi connectivity index (χ0v) is 8.70. The van der Waals surface area contributed by atoms with Crippen LogP contribution in [0.5, 0.6) is 0 Å². The van der Waals surface area contributed by atoms with Gasteiger partial charge in [0.15, 0.2) is 0 Å². The topological polar surface area (TPSA) is 46.3 Å². The maximum Gasteiger partial charge on any atom is 0.246 e. The van der Waals surface area contributed by atoms with Gasteiger partial charge in [0.25, 0.3) is 0 Å². The number of hydrogen-bond acceptors (Lipinski definition) is 2. The van der Waals surface area contributed by atoms with Crippen LogP contribution in [0.3, 0.4) is 0 Å². The smallest absolute Gasteiger partial charge is 0.246 e. The van der Waals surface area contributed by atoms with Gasteiger partial charge in [-0.1, -0.05) is 5.57 Å². The summed E-state index contributed by atoms with van der Waals surface area (Å²) in [6.45, 7) is 3.62. The van der Waals surface area contributed by atoms with Crippen molar-refractivity contribution in [3.05, 3.63) is 11.6 Å². The van der Waals surface area contributed by atoms with E-state index < -0.39 is 0 Å². The van der Waals surface area contributed by atoms with Gasteiger partial charge >= 0.3 is 0 Å². The van der Waals surface area contributed by atoms with E-state index in [-0.39, 0.29) is 11.9 Å². The summed E-state index contributed by atoms with van der Waals surface area (Å²) in [5, 5.41) is 0. The molecule has 0 aromatic heterocycles. The quantitative estimate of drug-likeness (QED) is 0.664. The maximum absolute atomic E-state index is 11.7. The van der Waals surface area contributed by atoms with E-state index in [9.17, 15) is 4.79 Å². The van der Waals surface area contributed by atoms with Crippen molar-refractivity contribution in [1.82, 2.24) is 4.90 Å². The Balaban J connectivity index is 1.91. The molecule has 0 aromatic rings. The molecule has 2 aliphatic rings. The van der Waals surface area contributed by atoms with Crippen molar-refractivity contribution < 1.29 is 4.79 Å². The Hall–Kier alpha value is -0.830. The fourth-order valence-electron chi connectivity index (χ4n) is 1.93. The lowest BCUT2D eigenvalue weighted by molar-refractivity contribution is -0.125. The number of nitrogens with two attached hydrogens (primary N) is 1. The molecule has 1 atom stereocenters. The molecule has 1 aliphatic carbocycles. The minimum absolute atomic E-state index is 0.155. The largest absolute Gasteiger partial charge is 0.338 e. The highest BCUT2D eigenvalue weighted by Crippen LogP contribution is 2.36. The van der Waals surface area contributed by atoms with E-state index in [4.69, 9.17) is 5.73 Å². The summed E-state index contributed by atoms with van der Waals surface area (Å²) in [6.07, 6.45) is 5.27. The van der Waals surface area contributed by atoms with Crippen LogP contribution in [-0.4, -0.2) is 29.9 Å². The number of allylic oxidation sites excluding steroid dienone is 1. The van der Waals surface area contributed by atoms with Crippen LogP contribution in [0.25, 0.3) is 0 Å². The SMILES string of the molecule is C/C(=C\C(=O)N1CC[C@@H](N)C1)C1CC1. The van der Waals surface area contributed by atoms with Crippen LogP contribution >= 0.6 is 0 Å². The Morgan fingerprint density at radius 3 is 2.64 bits per heavy atom. The van der Waals surface area contributed by atoms with Crippen molar-refractivity contribution in [2.75, 3.05) is 13.1 Å². The zero-order chi connectivity index (χ0) is 10.1. The lowest BCUT2D eigenvalue weighted by Gasteiger charge is -2.13. The van der Waals surface area contributed by atoms with E-state index in [1.165, 1.54) is 18.4 Å². The molecule has 2 N–H and O–H groups in total. The first-order chi connectivity index (χ1) is 6.66. The third-order valence-electron chi connectivity index (χ3n) is 3.11. The molecular formula is C11H18N2O. The minimum Gasteiger partial charge on any atom is -0.338 e. The zero-order valence-electron chi connectivity index (χ0n) is 8.70. The van der Waals surface area contributed by atoms with Gasteiger partial charge in [-0.3, -0.25) is 4.79 Å². The summed E-state index contributed by atoms with van der Waals surface area (Å²) in [6, 6.07) is 0.189. The molecule has 0 radical (unpaired) electrons. The predicted octanol–water partition coefficient (Wildman–Crippen LogP) is 0.902. The van der Waals surface area contributed by atoms with Gasteiger partial charge in [0, 0.05) is 25.2 Å². The average Bonchev–Trinajstić information content (AvgIpc) is 2.89. The second-order valence-corrected chi connectivity index (χ2v) is 4.50. The van der Waals surface area contributed by atoms with Crippen molar-refractivity contribution in [3.63, 3.8) is 0 Å². The molecule has 0 spiro atoms. The van der Waals surface area contributed by atoms with Gasteiger partial charge in [0.1, 0.15) is 0 Å². The van der Waals surface area contributed by atoms with Crippen LogP contribution in [0.1, 0.15) is 26.2 Å². The van der Waals surface area contributed by atoms with E-state index in [0.717, 1.165) is 19.5 Å². The first kappa shape index (κ1) is 9.71. The van der Waals surface area contributed by atoms with Crippen molar-refractivity contribution in [2.24, 2.45) is 11.7 Å². The summed E-state index contributed by atoms with van der Waals surface area (Å²) in [4.78, 5) is 13.6. The van der Waals surface area contributed by atoms with Crippen molar-refractivity contribution in [1.29, 1.82) is 0 Å². The van der Waals surface area contributed by atoms with Gasteiger partial charge in [-0.2, -0.15) is 0 Å². The number of carbonyl (C=O) groups is 1. The molecular weight excluding hydrogens is 176 g/mol. The molecule has 14 heavy (non-hydrogen) atoms. The molecule has 0 aromatic carbocycles. The van der Waals surface area contributed by atoms with Gasteiger partial charge in [-0.15, -0.1) is 0 Å². The Bertz CT molecular complexity index is 268. The molecule has 1 amide bonds. The Kier molecular flexibility index (Phi) is 2.59. The van der Waals surface area contributed by atoms with Crippen molar-refractivity contribution in [3.8, 4) is 0 Å². The standard InChI is InChI=1S/C11H18N2O/c1-8(9-2-3-9)6-11(14)13-5-4-10(12)7-13/h6,9-10H,2-5,7,12H2,1H3/b8-6+/t10-/m1/s1. The van der Waals surface area contributed by atoms with Gasteiger partial charge in [0.05, 0.1) is 0 Å². The average molecular weight is 194 g/mol. The lowest BCUT2D eigenvalue weighted by Crippen LogP contribution is -2.30. The lowest BCUT2D eigenvalue weighted by atomic mass is 10.2. The predicted molar refractivity (Wildman–Crippen MR) is 55.7 cm³/mol. The monoisotopic (exact) mass is 194 g/mol. The third kappa shape index (κ3) is 2.15. The molecule has 1 heterocycles. The Morgan fingerprint density at radius 1 is 1.43 bits per heavy atom. The first-order valence-electron chi connectivity index (χ1n) is 5.39. The number of amides is 1. The Morgan fingerprint density at radius 2 is 2.14 bits per heavy atom. The number of nitrogens with zero attached hydrogens (tertiary/aromatic N) is 1. The number of carbonyl (C=O) groups excluding carboxylic acids is 1. The summed E-state index contributed by atoms with van der Waals surface area (Å²) in [5.41, 5.74) is 7.00. The number of rotatable bonds is 2. The molecule has 1 aliphatic heterocycles. The second kappa shape index (κ2) is 3.73. The molecule has 1 saturated heterocycles. The molecule has 0 unspecified atom stereocenters. The number of likely N-dealkylation sites (tertiary alicyclic amines) is 1. The van der Waals surface area contributed by atoms with Crippen LogP contribution in [0.4, 0.5) is 0 Å². The second-order valence-electron chi connectivity index (χ2n) is 4.50. The van der Waals surface area contributed by atoms with E-state index >= 15 is 0 Å². The molecule has 3 heteroatoms. The maximum atomic E-state index is 11.7. The summed E-state index contributed by atoms with van der Waals surface area (Å²) < 4.78 is 0. The first-order valence-corrected chi connectivity index (χ1v) is 5.39. The molecule has 3 nitrogen and oxygen atoms in total. The molecule has 78 valence electrons. The van der Waals surface area contributed by atoms with E-state index in [1.807, 2.05) is 4.90 Å². The van der Waals surface area contributed by atoms with Crippen LogP contribution in [0, 0.1) is 5.92 Å². The minimum atomic E-state index is 0.155.